The number of esters is 2. The van der Waals surface area contributed by atoms with Crippen molar-refractivity contribution in [1.29, 1.82) is 0 Å². The van der Waals surface area contributed by atoms with Gasteiger partial charge in [0.2, 0.25) is 0 Å². The van der Waals surface area contributed by atoms with Gasteiger partial charge in [0.05, 0.1) is 34.4 Å². The van der Waals surface area contributed by atoms with Crippen LogP contribution in [0.25, 0.3) is 0 Å². The number of carboxylic acids is 1. The third kappa shape index (κ3) is 58.0. The van der Waals surface area contributed by atoms with Crippen molar-refractivity contribution in [2.45, 2.75) is 270 Å². The van der Waals surface area contributed by atoms with Gasteiger partial charge in [0, 0.05) is 12.8 Å². The highest BCUT2D eigenvalue weighted by Crippen LogP contribution is 2.16. The Morgan fingerprint density at radius 1 is 0.413 bits per heavy atom. The Bertz CT molecular complexity index is 1500. The van der Waals surface area contributed by atoms with Gasteiger partial charge in [-0.25, -0.2) is 4.79 Å². The van der Waals surface area contributed by atoms with Gasteiger partial charge in [-0.05, 0) is 89.9 Å². The number of hydrogen-bond acceptors (Lipinski definition) is 7. The van der Waals surface area contributed by atoms with Gasteiger partial charge < -0.3 is 28.5 Å². The molecule has 0 aliphatic rings. The molecule has 9 heteroatoms. The molecular formula is C66H116NO8+. The number of carbonyl (C=O) groups excluding carboxylic acids is 2. The molecule has 0 aromatic carbocycles. The molecule has 2 unspecified atom stereocenters. The van der Waals surface area contributed by atoms with Gasteiger partial charge >= 0.3 is 17.9 Å². The van der Waals surface area contributed by atoms with Crippen molar-refractivity contribution < 1.29 is 42.9 Å². The van der Waals surface area contributed by atoms with E-state index in [2.05, 4.69) is 98.9 Å². The largest absolute Gasteiger partial charge is 0.477 e. The van der Waals surface area contributed by atoms with E-state index < -0.39 is 24.3 Å². The van der Waals surface area contributed by atoms with E-state index >= 15 is 0 Å². The fourth-order valence-electron chi connectivity index (χ4n) is 8.42. The lowest BCUT2D eigenvalue weighted by Gasteiger charge is -2.25. The van der Waals surface area contributed by atoms with Crippen LogP contribution in [0, 0.1) is 0 Å². The van der Waals surface area contributed by atoms with E-state index in [0.717, 1.165) is 77.0 Å². The molecule has 0 aliphatic carbocycles. The fraction of sp³-hybridized carbons (Fsp3) is 0.742. The lowest BCUT2D eigenvalue weighted by molar-refractivity contribution is -0.870. The van der Waals surface area contributed by atoms with Crippen LogP contribution in [0.3, 0.4) is 0 Å². The number of hydrogen-bond donors (Lipinski definition) is 1. The Kier molecular flexibility index (Phi) is 54.0. The van der Waals surface area contributed by atoms with Crippen LogP contribution in [0.15, 0.2) is 85.1 Å². The number of carbonyl (C=O) groups is 3. The first-order valence-corrected chi connectivity index (χ1v) is 30.8. The summed E-state index contributed by atoms with van der Waals surface area (Å²) in [6.07, 6.45) is 72.3. The molecule has 0 aromatic heterocycles. The van der Waals surface area contributed by atoms with Gasteiger partial charge in [-0.3, -0.25) is 9.59 Å². The van der Waals surface area contributed by atoms with E-state index in [0.29, 0.717) is 23.9 Å². The number of nitrogens with zero attached hydrogens (tertiary/aromatic N) is 1. The van der Waals surface area contributed by atoms with E-state index in [4.69, 9.17) is 18.9 Å². The maximum atomic E-state index is 12.9. The SMILES string of the molecule is CC/C=C\C/C=C\C/C=C\C/C=C\C/C=C\CCCCCCCCCCCCCC(=O)OC(COC(=O)CCCCCCCCCCCCC/C=C\C/C=C\CCCCCCC)COC(OCC[N+](C)(C)C)C(=O)O. The van der Waals surface area contributed by atoms with Gasteiger partial charge in [-0.2, -0.15) is 0 Å². The molecule has 0 heterocycles. The molecular weight excluding hydrogens is 935 g/mol. The molecule has 0 saturated carbocycles. The minimum absolute atomic E-state index is 0.184. The van der Waals surface area contributed by atoms with Crippen molar-refractivity contribution in [2.24, 2.45) is 0 Å². The van der Waals surface area contributed by atoms with E-state index in [-0.39, 0.29) is 32.2 Å². The minimum Gasteiger partial charge on any atom is -0.477 e. The molecule has 9 nitrogen and oxygen atoms in total. The second-order valence-corrected chi connectivity index (χ2v) is 21.6. The number of allylic oxidation sites excluding steroid dienone is 14. The van der Waals surface area contributed by atoms with Crippen molar-refractivity contribution in [2.75, 3.05) is 47.5 Å². The monoisotopic (exact) mass is 1050 g/mol. The smallest absolute Gasteiger partial charge is 0.361 e. The first-order valence-electron chi connectivity index (χ1n) is 30.8. The summed E-state index contributed by atoms with van der Waals surface area (Å²) in [5.41, 5.74) is 0. The molecule has 2 atom stereocenters. The van der Waals surface area contributed by atoms with Crippen LogP contribution in [0.5, 0.6) is 0 Å². The quantitative estimate of drug-likeness (QED) is 0.0211. The summed E-state index contributed by atoms with van der Waals surface area (Å²) < 4.78 is 22.9. The molecule has 0 fully saturated rings. The number of unbranched alkanes of at least 4 members (excludes halogenated alkanes) is 27. The standard InChI is InChI=1S/C66H115NO8/c1-6-8-10-12-14-16-18-20-22-24-26-28-30-31-32-33-35-37-39-41-43-45-47-49-51-53-55-57-64(69)75-62(61-74-66(65(70)71)72-59-58-67(3,4)5)60-73-63(68)56-54-52-50-48-46-44-42-40-38-36-34-29-27-25-23-21-19-17-15-13-11-9-7-2/h8,10,14,16,19-22,25-28,31-32,62,66H,6-7,9,11-13,15,17-18,23-24,29-30,33-61H2,1-5H3/p+1/b10-8-,16-14-,21-19-,22-20-,27-25-,28-26-,32-31-. The normalized spacial score (nSPS) is 13.3. The molecule has 432 valence electrons. The number of carboxylic acid groups (broad SMARTS) is 1. The number of quaternary nitrogens is 1. The zero-order valence-corrected chi connectivity index (χ0v) is 49.2. The number of likely N-dealkylation sites (N-methyl/N-ethyl adjacent to an activating group) is 1. The molecule has 0 saturated heterocycles. The van der Waals surface area contributed by atoms with Crippen LogP contribution in [-0.4, -0.2) is 87.4 Å². The predicted octanol–water partition coefficient (Wildman–Crippen LogP) is 18.3. The highest BCUT2D eigenvalue weighted by atomic mass is 16.7. The maximum absolute atomic E-state index is 12.9. The van der Waals surface area contributed by atoms with E-state index in [9.17, 15) is 19.5 Å². The Balaban J connectivity index is 4.23. The first-order chi connectivity index (χ1) is 36.6. The van der Waals surface area contributed by atoms with Gasteiger partial charge in [0.1, 0.15) is 13.2 Å². The van der Waals surface area contributed by atoms with Crippen molar-refractivity contribution in [3.05, 3.63) is 85.1 Å². The molecule has 0 bridgehead atoms. The predicted molar refractivity (Wildman–Crippen MR) is 318 cm³/mol. The summed E-state index contributed by atoms with van der Waals surface area (Å²) in [7, 11) is 5.97. The third-order valence-corrected chi connectivity index (χ3v) is 13.1. The Labute approximate surface area is 461 Å². The van der Waals surface area contributed by atoms with E-state index in [1.165, 1.54) is 148 Å². The van der Waals surface area contributed by atoms with Gasteiger partial charge in [0.15, 0.2) is 6.10 Å². The Morgan fingerprint density at radius 3 is 1.13 bits per heavy atom. The van der Waals surface area contributed by atoms with Gasteiger partial charge in [0.25, 0.3) is 6.29 Å². The van der Waals surface area contributed by atoms with Crippen LogP contribution in [0.1, 0.15) is 258 Å². The third-order valence-electron chi connectivity index (χ3n) is 13.1. The maximum Gasteiger partial charge on any atom is 0.361 e. The van der Waals surface area contributed by atoms with Gasteiger partial charge in [-0.15, -0.1) is 0 Å². The van der Waals surface area contributed by atoms with Crippen LogP contribution in [0.2, 0.25) is 0 Å². The first kappa shape index (κ1) is 71.5. The summed E-state index contributed by atoms with van der Waals surface area (Å²) in [5.74, 6) is -2.01. The molecule has 1 N–H and O–H groups in total. The number of ether oxygens (including phenoxy) is 4. The summed E-state index contributed by atoms with van der Waals surface area (Å²) in [6, 6.07) is 0. The van der Waals surface area contributed by atoms with Crippen LogP contribution < -0.4 is 0 Å². The van der Waals surface area contributed by atoms with Crippen LogP contribution >= 0.6 is 0 Å². The van der Waals surface area contributed by atoms with Gasteiger partial charge in [-0.1, -0.05) is 240 Å². The summed E-state index contributed by atoms with van der Waals surface area (Å²) >= 11 is 0. The second kappa shape index (κ2) is 56.7. The average molecular weight is 1050 g/mol. The Morgan fingerprint density at radius 2 is 0.760 bits per heavy atom. The average Bonchev–Trinajstić information content (AvgIpc) is 3.38. The lowest BCUT2D eigenvalue weighted by atomic mass is 10.0. The van der Waals surface area contributed by atoms with E-state index in [1.54, 1.807) is 0 Å². The molecule has 75 heavy (non-hydrogen) atoms. The highest BCUT2D eigenvalue weighted by molar-refractivity contribution is 5.71. The van der Waals surface area contributed by atoms with Crippen LogP contribution in [0.4, 0.5) is 0 Å². The molecule has 0 rings (SSSR count). The summed E-state index contributed by atoms with van der Waals surface area (Å²) in [4.78, 5) is 37.5. The zero-order valence-electron chi connectivity index (χ0n) is 49.2. The lowest BCUT2D eigenvalue weighted by Crippen LogP contribution is -2.40. The van der Waals surface area contributed by atoms with Crippen LogP contribution in [-0.2, 0) is 33.3 Å². The molecule has 0 spiro atoms. The van der Waals surface area contributed by atoms with Crippen molar-refractivity contribution in [3.63, 3.8) is 0 Å². The minimum atomic E-state index is -1.52. The Hall–Kier alpha value is -3.53. The van der Waals surface area contributed by atoms with Crippen molar-refractivity contribution >= 4 is 17.9 Å². The van der Waals surface area contributed by atoms with E-state index in [1.807, 2.05) is 21.1 Å². The summed E-state index contributed by atoms with van der Waals surface area (Å²) in [5, 5.41) is 9.72. The molecule has 0 radical (unpaired) electrons. The summed E-state index contributed by atoms with van der Waals surface area (Å²) in [6.45, 7) is 4.76. The van der Waals surface area contributed by atoms with Crippen molar-refractivity contribution in [1.82, 2.24) is 0 Å². The fourth-order valence-corrected chi connectivity index (χ4v) is 8.42. The topological polar surface area (TPSA) is 108 Å². The number of rotatable bonds is 56. The highest BCUT2D eigenvalue weighted by Gasteiger charge is 2.25. The molecule has 0 aliphatic heterocycles. The zero-order chi connectivity index (χ0) is 54.8. The van der Waals surface area contributed by atoms with Crippen molar-refractivity contribution in [3.8, 4) is 0 Å². The molecule has 0 amide bonds. The molecule has 0 aromatic rings. The second-order valence-electron chi connectivity index (χ2n) is 21.6. The number of aliphatic carboxylic acids is 1.